The fourth-order valence-electron chi connectivity index (χ4n) is 1.24. The number of rotatable bonds is 7. The van der Waals surface area contributed by atoms with Crippen molar-refractivity contribution in [3.05, 3.63) is 29.8 Å². The minimum Gasteiger partial charge on any atom is -0.478 e. The summed E-state index contributed by atoms with van der Waals surface area (Å²) in [6.07, 6.45) is -0.406. The van der Waals surface area contributed by atoms with Crippen LogP contribution in [0, 0.1) is 0 Å². The maximum atomic E-state index is 10.7. The number of carboxylic acid groups (broad SMARTS) is 1. The number of aliphatic hydroxyl groups is 1. The molecule has 2 N–H and O–H groups in total. The molecule has 5 heteroatoms. The monoisotopic (exact) mass is 270 g/mol. The summed E-state index contributed by atoms with van der Waals surface area (Å²) in [6.45, 7) is 4.16. The second-order valence-electron chi connectivity index (χ2n) is 4.18. The van der Waals surface area contributed by atoms with E-state index >= 15 is 0 Å². The predicted molar refractivity (Wildman–Crippen MR) is 71.2 cm³/mol. The second kappa shape index (κ2) is 7.41. The van der Waals surface area contributed by atoms with Crippen LogP contribution >= 0.6 is 11.8 Å². The number of ether oxygens (including phenoxy) is 1. The lowest BCUT2D eigenvalue weighted by Gasteiger charge is -2.13. The SMILES string of the molecule is CC(C)OCC(O)CSc1ccc(C(=O)O)cc1. The molecular weight excluding hydrogens is 252 g/mol. The first kappa shape index (κ1) is 15.0. The first-order valence-electron chi connectivity index (χ1n) is 5.75. The van der Waals surface area contributed by atoms with Gasteiger partial charge in [0.15, 0.2) is 0 Å². The average Bonchev–Trinajstić information content (AvgIpc) is 2.34. The largest absolute Gasteiger partial charge is 0.478 e. The number of carbonyl (C=O) groups is 1. The molecule has 1 unspecified atom stereocenters. The van der Waals surface area contributed by atoms with Crippen LogP contribution in [0.3, 0.4) is 0 Å². The van der Waals surface area contributed by atoms with E-state index in [4.69, 9.17) is 9.84 Å². The van der Waals surface area contributed by atoms with E-state index in [0.717, 1.165) is 4.90 Å². The standard InChI is InChI=1S/C13H18O4S/c1-9(2)17-7-11(14)8-18-12-5-3-10(4-6-12)13(15)16/h3-6,9,11,14H,7-8H2,1-2H3,(H,15,16). The van der Waals surface area contributed by atoms with Crippen LogP contribution in [0.2, 0.25) is 0 Å². The van der Waals surface area contributed by atoms with Gasteiger partial charge in [-0.25, -0.2) is 4.79 Å². The molecule has 0 spiro atoms. The Bertz CT molecular complexity index is 375. The van der Waals surface area contributed by atoms with Crippen LogP contribution in [-0.2, 0) is 4.74 Å². The number of aromatic carboxylic acids is 1. The van der Waals surface area contributed by atoms with Gasteiger partial charge in [-0.15, -0.1) is 11.8 Å². The van der Waals surface area contributed by atoms with Crippen molar-refractivity contribution in [3.8, 4) is 0 Å². The zero-order valence-corrected chi connectivity index (χ0v) is 11.3. The smallest absolute Gasteiger partial charge is 0.335 e. The van der Waals surface area contributed by atoms with Crippen molar-refractivity contribution < 1.29 is 19.7 Å². The van der Waals surface area contributed by atoms with Crippen LogP contribution in [0.1, 0.15) is 24.2 Å². The van der Waals surface area contributed by atoms with Gasteiger partial charge in [0.25, 0.3) is 0 Å². The van der Waals surface area contributed by atoms with E-state index < -0.39 is 12.1 Å². The maximum absolute atomic E-state index is 10.7. The summed E-state index contributed by atoms with van der Waals surface area (Å²) in [5.41, 5.74) is 0.267. The Hall–Kier alpha value is -1.04. The van der Waals surface area contributed by atoms with E-state index in [1.165, 1.54) is 11.8 Å². The number of hydrogen-bond donors (Lipinski definition) is 2. The highest BCUT2D eigenvalue weighted by Crippen LogP contribution is 2.19. The molecule has 0 heterocycles. The highest BCUT2D eigenvalue weighted by atomic mass is 32.2. The number of hydrogen-bond acceptors (Lipinski definition) is 4. The zero-order chi connectivity index (χ0) is 13.5. The predicted octanol–water partition coefficient (Wildman–Crippen LogP) is 2.26. The molecule has 0 fully saturated rings. The first-order chi connectivity index (χ1) is 8.49. The van der Waals surface area contributed by atoms with Crippen molar-refractivity contribution in [2.45, 2.75) is 31.0 Å². The topological polar surface area (TPSA) is 66.8 Å². The Kier molecular flexibility index (Phi) is 6.18. The van der Waals surface area contributed by atoms with E-state index in [1.807, 2.05) is 13.8 Å². The van der Waals surface area contributed by atoms with Gasteiger partial charge in [-0.05, 0) is 38.1 Å². The Morgan fingerprint density at radius 1 is 1.33 bits per heavy atom. The molecule has 0 aromatic heterocycles. The van der Waals surface area contributed by atoms with Crippen molar-refractivity contribution in [1.29, 1.82) is 0 Å². The molecule has 100 valence electrons. The van der Waals surface area contributed by atoms with Gasteiger partial charge >= 0.3 is 5.97 Å². The molecule has 1 rings (SSSR count). The highest BCUT2D eigenvalue weighted by molar-refractivity contribution is 7.99. The minimum absolute atomic E-state index is 0.111. The van der Waals surface area contributed by atoms with Gasteiger partial charge in [-0.3, -0.25) is 0 Å². The summed E-state index contributed by atoms with van der Waals surface area (Å²) in [7, 11) is 0. The molecule has 1 aromatic carbocycles. The van der Waals surface area contributed by atoms with Gasteiger partial charge in [0.2, 0.25) is 0 Å². The van der Waals surface area contributed by atoms with E-state index in [-0.39, 0.29) is 11.7 Å². The number of carboxylic acids is 1. The van der Waals surface area contributed by atoms with Crippen molar-refractivity contribution in [1.82, 2.24) is 0 Å². The lowest BCUT2D eigenvalue weighted by molar-refractivity contribution is 0.0152. The quantitative estimate of drug-likeness (QED) is 0.744. The van der Waals surface area contributed by atoms with Gasteiger partial charge in [-0.1, -0.05) is 0 Å². The summed E-state index contributed by atoms with van der Waals surface area (Å²) in [4.78, 5) is 11.6. The van der Waals surface area contributed by atoms with Gasteiger partial charge in [-0.2, -0.15) is 0 Å². The number of benzene rings is 1. The summed E-state index contributed by atoms with van der Waals surface area (Å²) < 4.78 is 5.30. The molecule has 0 aliphatic rings. The molecule has 0 aliphatic heterocycles. The third-order valence-electron chi connectivity index (χ3n) is 2.17. The first-order valence-corrected chi connectivity index (χ1v) is 6.73. The number of aliphatic hydroxyl groups excluding tert-OH is 1. The minimum atomic E-state index is -0.933. The van der Waals surface area contributed by atoms with Crippen molar-refractivity contribution in [2.24, 2.45) is 0 Å². The molecule has 0 bridgehead atoms. The van der Waals surface area contributed by atoms with Crippen molar-refractivity contribution in [2.75, 3.05) is 12.4 Å². The molecule has 0 saturated heterocycles. The summed E-state index contributed by atoms with van der Waals surface area (Å²) in [5, 5.41) is 18.4. The summed E-state index contributed by atoms with van der Waals surface area (Å²) >= 11 is 1.48. The Balaban J connectivity index is 2.36. The third-order valence-corrected chi connectivity index (χ3v) is 3.32. The Morgan fingerprint density at radius 3 is 2.44 bits per heavy atom. The number of thioether (sulfide) groups is 1. The van der Waals surface area contributed by atoms with Crippen LogP contribution in [0.15, 0.2) is 29.2 Å². The van der Waals surface area contributed by atoms with Crippen molar-refractivity contribution in [3.63, 3.8) is 0 Å². The maximum Gasteiger partial charge on any atom is 0.335 e. The molecule has 4 nitrogen and oxygen atoms in total. The molecule has 0 aliphatic carbocycles. The second-order valence-corrected chi connectivity index (χ2v) is 5.27. The third kappa shape index (κ3) is 5.53. The fraction of sp³-hybridized carbons (Fsp3) is 0.462. The van der Waals surface area contributed by atoms with Gasteiger partial charge in [0.1, 0.15) is 0 Å². The fourth-order valence-corrected chi connectivity index (χ4v) is 2.05. The molecular formula is C13H18O4S. The van der Waals surface area contributed by atoms with Crippen LogP contribution in [-0.4, -0.2) is 40.8 Å². The Morgan fingerprint density at radius 2 is 1.94 bits per heavy atom. The van der Waals surface area contributed by atoms with Crippen molar-refractivity contribution >= 4 is 17.7 Å². The van der Waals surface area contributed by atoms with Gasteiger partial charge in [0.05, 0.1) is 24.4 Å². The normalized spacial score (nSPS) is 12.7. The van der Waals surface area contributed by atoms with E-state index in [1.54, 1.807) is 24.3 Å². The van der Waals surface area contributed by atoms with E-state index in [0.29, 0.717) is 12.4 Å². The van der Waals surface area contributed by atoms with Crippen LogP contribution in [0.4, 0.5) is 0 Å². The molecule has 1 atom stereocenters. The molecule has 18 heavy (non-hydrogen) atoms. The van der Waals surface area contributed by atoms with Crippen LogP contribution in [0.5, 0.6) is 0 Å². The Labute approximate surface area is 111 Å². The highest BCUT2D eigenvalue weighted by Gasteiger charge is 2.07. The molecule has 0 amide bonds. The molecule has 1 aromatic rings. The lowest BCUT2D eigenvalue weighted by Crippen LogP contribution is -2.20. The van der Waals surface area contributed by atoms with E-state index in [2.05, 4.69) is 0 Å². The molecule has 0 saturated carbocycles. The lowest BCUT2D eigenvalue weighted by atomic mass is 10.2. The van der Waals surface area contributed by atoms with Gasteiger partial charge in [0, 0.05) is 10.6 Å². The summed E-state index contributed by atoms with van der Waals surface area (Å²) in [5.74, 6) is -0.406. The van der Waals surface area contributed by atoms with Crippen LogP contribution in [0.25, 0.3) is 0 Å². The zero-order valence-electron chi connectivity index (χ0n) is 10.5. The van der Waals surface area contributed by atoms with E-state index in [9.17, 15) is 9.90 Å². The average molecular weight is 270 g/mol. The summed E-state index contributed by atoms with van der Waals surface area (Å²) in [6, 6.07) is 6.59. The van der Waals surface area contributed by atoms with Gasteiger partial charge < -0.3 is 14.9 Å². The molecule has 0 radical (unpaired) electrons. The van der Waals surface area contributed by atoms with Crippen LogP contribution < -0.4 is 0 Å².